The van der Waals surface area contributed by atoms with Crippen molar-refractivity contribution in [3.05, 3.63) is 0 Å². The second-order valence-electron chi connectivity index (χ2n) is 5.89. The van der Waals surface area contributed by atoms with Crippen molar-refractivity contribution in [1.29, 1.82) is 0 Å². The molecule has 0 aromatic heterocycles. The molecule has 0 aromatic rings. The summed E-state index contributed by atoms with van der Waals surface area (Å²) in [6.07, 6.45) is 7.18. The van der Waals surface area contributed by atoms with Crippen LogP contribution in [-0.2, 0) is 9.84 Å². The van der Waals surface area contributed by atoms with Crippen LogP contribution in [0.1, 0.15) is 65.7 Å². The van der Waals surface area contributed by atoms with Crippen LogP contribution < -0.4 is 5.32 Å². The van der Waals surface area contributed by atoms with Crippen LogP contribution in [0.25, 0.3) is 0 Å². The molecule has 3 unspecified atom stereocenters. The summed E-state index contributed by atoms with van der Waals surface area (Å²) in [6, 6.07) is 0.181. The predicted octanol–water partition coefficient (Wildman–Crippen LogP) is 3.15. The van der Waals surface area contributed by atoms with Crippen LogP contribution in [0.15, 0.2) is 0 Å². The molecule has 0 radical (unpaired) electrons. The molecule has 0 spiro atoms. The molecule has 1 N–H and O–H groups in total. The van der Waals surface area contributed by atoms with Crippen molar-refractivity contribution in [1.82, 2.24) is 5.32 Å². The standard InChI is InChI=1S/C15H31NO2S/c1-4-7-11-19(17,18)15-12-13(8-5-2)9-10-14(15)16-6-3/h13-16H,4-12H2,1-3H3. The lowest BCUT2D eigenvalue weighted by Gasteiger charge is -2.36. The molecule has 0 bridgehead atoms. The van der Waals surface area contributed by atoms with E-state index in [1.165, 1.54) is 12.8 Å². The number of unbranched alkanes of at least 4 members (excludes halogenated alkanes) is 1. The van der Waals surface area contributed by atoms with Gasteiger partial charge in [0.25, 0.3) is 0 Å². The van der Waals surface area contributed by atoms with Crippen LogP contribution in [-0.4, -0.2) is 32.0 Å². The van der Waals surface area contributed by atoms with Crippen LogP contribution in [0.3, 0.4) is 0 Å². The van der Waals surface area contributed by atoms with Crippen molar-refractivity contribution in [2.24, 2.45) is 5.92 Å². The summed E-state index contributed by atoms with van der Waals surface area (Å²) in [6.45, 7) is 7.17. The van der Waals surface area contributed by atoms with Gasteiger partial charge in [0, 0.05) is 6.04 Å². The third-order valence-electron chi connectivity index (χ3n) is 4.31. The average molecular weight is 289 g/mol. The summed E-state index contributed by atoms with van der Waals surface area (Å²) >= 11 is 0. The Morgan fingerprint density at radius 3 is 2.42 bits per heavy atom. The van der Waals surface area contributed by atoms with Gasteiger partial charge in [-0.3, -0.25) is 0 Å². The van der Waals surface area contributed by atoms with E-state index in [4.69, 9.17) is 0 Å². The van der Waals surface area contributed by atoms with Crippen molar-refractivity contribution in [2.45, 2.75) is 77.0 Å². The summed E-state index contributed by atoms with van der Waals surface area (Å²) in [5.41, 5.74) is 0. The SMILES string of the molecule is CCCCS(=O)(=O)C1CC(CCC)CCC1NCC. The van der Waals surface area contributed by atoms with Gasteiger partial charge in [0.2, 0.25) is 0 Å². The minimum Gasteiger partial charge on any atom is -0.313 e. The van der Waals surface area contributed by atoms with E-state index in [0.717, 1.165) is 38.6 Å². The molecule has 4 heteroatoms. The van der Waals surface area contributed by atoms with Crippen molar-refractivity contribution in [3.63, 3.8) is 0 Å². The second-order valence-corrected chi connectivity index (χ2v) is 8.23. The molecule has 3 nitrogen and oxygen atoms in total. The fourth-order valence-electron chi connectivity index (χ4n) is 3.27. The van der Waals surface area contributed by atoms with Gasteiger partial charge >= 0.3 is 0 Å². The number of hydrogen-bond donors (Lipinski definition) is 1. The normalized spacial score (nSPS) is 28.5. The molecule has 0 aromatic carbocycles. The van der Waals surface area contributed by atoms with Gasteiger partial charge in [-0.05, 0) is 38.1 Å². The van der Waals surface area contributed by atoms with Crippen molar-refractivity contribution < 1.29 is 8.42 Å². The van der Waals surface area contributed by atoms with Crippen LogP contribution in [0.2, 0.25) is 0 Å². The fraction of sp³-hybridized carbons (Fsp3) is 1.00. The highest BCUT2D eigenvalue weighted by atomic mass is 32.2. The van der Waals surface area contributed by atoms with E-state index in [2.05, 4.69) is 26.1 Å². The molecular formula is C15H31NO2S. The summed E-state index contributed by atoms with van der Waals surface area (Å²) in [7, 11) is -2.93. The van der Waals surface area contributed by atoms with Crippen LogP contribution in [0.4, 0.5) is 0 Å². The first-order valence-corrected chi connectivity index (χ1v) is 9.71. The summed E-state index contributed by atoms with van der Waals surface area (Å²) in [4.78, 5) is 0. The lowest BCUT2D eigenvalue weighted by Crippen LogP contribution is -2.48. The molecule has 0 saturated heterocycles. The molecule has 0 aliphatic heterocycles. The Morgan fingerprint density at radius 2 is 1.84 bits per heavy atom. The maximum absolute atomic E-state index is 12.5. The Labute approximate surface area is 119 Å². The topological polar surface area (TPSA) is 46.2 Å². The van der Waals surface area contributed by atoms with E-state index in [1.807, 2.05) is 0 Å². The maximum Gasteiger partial charge on any atom is 0.154 e. The van der Waals surface area contributed by atoms with E-state index in [0.29, 0.717) is 11.7 Å². The van der Waals surface area contributed by atoms with Gasteiger partial charge in [0.15, 0.2) is 9.84 Å². The number of hydrogen-bond acceptors (Lipinski definition) is 3. The van der Waals surface area contributed by atoms with Gasteiger partial charge < -0.3 is 5.32 Å². The average Bonchev–Trinajstić information content (AvgIpc) is 2.39. The minimum atomic E-state index is -2.93. The third kappa shape index (κ3) is 5.07. The molecule has 114 valence electrons. The zero-order valence-electron chi connectivity index (χ0n) is 12.8. The monoisotopic (exact) mass is 289 g/mol. The highest BCUT2D eigenvalue weighted by Crippen LogP contribution is 2.32. The Bertz CT molecular complexity index is 340. The van der Waals surface area contributed by atoms with Crippen LogP contribution >= 0.6 is 0 Å². The Morgan fingerprint density at radius 1 is 1.11 bits per heavy atom. The molecular weight excluding hydrogens is 258 g/mol. The highest BCUT2D eigenvalue weighted by molar-refractivity contribution is 7.92. The first-order valence-electron chi connectivity index (χ1n) is 8.00. The molecule has 0 amide bonds. The van der Waals surface area contributed by atoms with Crippen molar-refractivity contribution in [3.8, 4) is 0 Å². The van der Waals surface area contributed by atoms with Crippen LogP contribution in [0, 0.1) is 5.92 Å². The molecule has 3 atom stereocenters. The number of nitrogens with one attached hydrogen (secondary N) is 1. The van der Waals surface area contributed by atoms with Gasteiger partial charge in [-0.25, -0.2) is 8.42 Å². The summed E-state index contributed by atoms with van der Waals surface area (Å²) < 4.78 is 25.1. The van der Waals surface area contributed by atoms with Gasteiger partial charge in [-0.2, -0.15) is 0 Å². The van der Waals surface area contributed by atoms with Crippen molar-refractivity contribution >= 4 is 9.84 Å². The first kappa shape index (κ1) is 17.0. The summed E-state index contributed by atoms with van der Waals surface area (Å²) in [5, 5.41) is 3.25. The second kappa shape index (κ2) is 8.25. The Kier molecular flexibility index (Phi) is 7.37. The van der Waals surface area contributed by atoms with Gasteiger partial charge in [-0.15, -0.1) is 0 Å². The zero-order valence-corrected chi connectivity index (χ0v) is 13.6. The largest absolute Gasteiger partial charge is 0.313 e. The van der Waals surface area contributed by atoms with Gasteiger partial charge in [0.05, 0.1) is 11.0 Å². The molecule has 1 aliphatic rings. The molecule has 1 saturated carbocycles. The van der Waals surface area contributed by atoms with Crippen molar-refractivity contribution in [2.75, 3.05) is 12.3 Å². The third-order valence-corrected chi connectivity index (χ3v) is 6.61. The zero-order chi connectivity index (χ0) is 14.3. The number of rotatable bonds is 8. The fourth-order valence-corrected chi connectivity index (χ4v) is 5.56. The quantitative estimate of drug-likeness (QED) is 0.746. The number of sulfone groups is 1. The maximum atomic E-state index is 12.5. The van der Waals surface area contributed by atoms with E-state index in [1.54, 1.807) is 0 Å². The van der Waals surface area contributed by atoms with E-state index < -0.39 is 9.84 Å². The Balaban J connectivity index is 2.75. The lowest BCUT2D eigenvalue weighted by atomic mass is 9.83. The van der Waals surface area contributed by atoms with Gasteiger partial charge in [0.1, 0.15) is 0 Å². The predicted molar refractivity (Wildman–Crippen MR) is 82.2 cm³/mol. The van der Waals surface area contributed by atoms with E-state index in [-0.39, 0.29) is 11.3 Å². The molecule has 1 fully saturated rings. The first-order chi connectivity index (χ1) is 9.05. The van der Waals surface area contributed by atoms with E-state index >= 15 is 0 Å². The highest BCUT2D eigenvalue weighted by Gasteiger charge is 2.37. The van der Waals surface area contributed by atoms with Gasteiger partial charge in [-0.1, -0.05) is 40.0 Å². The molecule has 1 rings (SSSR count). The minimum absolute atomic E-state index is 0.149. The smallest absolute Gasteiger partial charge is 0.154 e. The Hall–Kier alpha value is -0.0900. The molecule has 0 heterocycles. The lowest BCUT2D eigenvalue weighted by molar-refractivity contribution is 0.282. The van der Waals surface area contributed by atoms with Crippen LogP contribution in [0.5, 0.6) is 0 Å². The molecule has 1 aliphatic carbocycles. The van der Waals surface area contributed by atoms with E-state index in [9.17, 15) is 8.42 Å². The molecule has 19 heavy (non-hydrogen) atoms. The summed E-state index contributed by atoms with van der Waals surface area (Å²) in [5.74, 6) is 0.982.